The molecule has 0 fully saturated rings. The molecule has 0 heterocycles. The number of hydrogen-bond donors (Lipinski definition) is 2. The third kappa shape index (κ3) is 9.71. The van der Waals surface area contributed by atoms with Crippen LogP contribution in [0.2, 0.25) is 0 Å². The third-order valence-corrected chi connectivity index (χ3v) is 10.7. The number of rotatable bonds is 13. The van der Waals surface area contributed by atoms with Crippen molar-refractivity contribution in [2.45, 2.75) is 64.3 Å². The Morgan fingerprint density at radius 3 is 2.02 bits per heavy atom. The average molecular weight is 601 g/mol. The lowest BCUT2D eigenvalue weighted by molar-refractivity contribution is -0.137. The van der Waals surface area contributed by atoms with Crippen LogP contribution in [-0.2, 0) is 39.1 Å². The molecule has 0 bridgehead atoms. The van der Waals surface area contributed by atoms with Gasteiger partial charge in [0.15, 0.2) is 0 Å². The van der Waals surface area contributed by atoms with E-state index in [0.29, 0.717) is 24.4 Å². The molecule has 11 heteroatoms. The molecule has 0 aliphatic heterocycles. The Kier molecular flexibility index (Phi) is 11.0. The van der Waals surface area contributed by atoms with Gasteiger partial charge in [-0.05, 0) is 92.2 Å². The highest BCUT2D eigenvalue weighted by Gasteiger charge is 2.30. The van der Waals surface area contributed by atoms with Crippen LogP contribution >= 0.6 is 0 Å². The fourth-order valence-corrected chi connectivity index (χ4v) is 6.53. The molecular weight excluding hydrogens is 561 g/mol. The van der Waals surface area contributed by atoms with Gasteiger partial charge in [0, 0.05) is 13.1 Å². The quantitative estimate of drug-likeness (QED) is 0.315. The average Bonchev–Trinajstić information content (AvgIpc) is 2.91. The Labute approximate surface area is 236 Å². The molecule has 0 radical (unpaired) electrons. The van der Waals surface area contributed by atoms with E-state index in [9.17, 15) is 30.0 Å². The van der Waals surface area contributed by atoms with Crippen LogP contribution in [0.25, 0.3) is 5.57 Å². The van der Waals surface area contributed by atoms with Gasteiger partial charge in [-0.2, -0.15) is 13.2 Å². The number of benzene rings is 2. The summed E-state index contributed by atoms with van der Waals surface area (Å²) in [6.07, 6.45) is 1.28. The largest absolute Gasteiger partial charge is 0.416 e. The molecular formula is C29H39F3N2O4S2. The molecule has 2 unspecified atom stereocenters. The van der Waals surface area contributed by atoms with Crippen LogP contribution in [0.3, 0.4) is 0 Å². The molecule has 2 N–H and O–H groups in total. The second kappa shape index (κ2) is 13.6. The van der Waals surface area contributed by atoms with Crippen LogP contribution in [0.15, 0.2) is 54.6 Å². The Morgan fingerprint density at radius 1 is 0.875 bits per heavy atom. The van der Waals surface area contributed by atoms with Gasteiger partial charge in [-0.25, -0.2) is 26.3 Å². The molecule has 0 saturated carbocycles. The van der Waals surface area contributed by atoms with Crippen molar-refractivity contribution in [3.05, 3.63) is 76.9 Å². The predicted octanol–water partition coefficient (Wildman–Crippen LogP) is 5.56. The lowest BCUT2D eigenvalue weighted by Crippen LogP contribution is -2.36. The van der Waals surface area contributed by atoms with Gasteiger partial charge in [-0.1, -0.05) is 49.4 Å². The summed E-state index contributed by atoms with van der Waals surface area (Å²) in [6.45, 7) is 6.11. The monoisotopic (exact) mass is 600 g/mol. The lowest BCUT2D eigenvalue weighted by Gasteiger charge is -2.28. The molecule has 3 rings (SSSR count). The molecule has 2 aromatic carbocycles. The van der Waals surface area contributed by atoms with Gasteiger partial charge in [0.25, 0.3) is 0 Å². The summed E-state index contributed by atoms with van der Waals surface area (Å²) < 4.78 is 92.1. The second-order valence-corrected chi connectivity index (χ2v) is 15.0. The van der Waals surface area contributed by atoms with Crippen molar-refractivity contribution >= 4 is 25.6 Å². The summed E-state index contributed by atoms with van der Waals surface area (Å²) in [7, 11) is -6.82. The standard InChI is InChI=1S/C29H39F3N2O4S2/c1-21(2)40(37,38)34-20-22(3)25-10-12-27(13-11-25)26-8-4-23(5-9-26)16-18-33-39(35,36)19-17-24-6-14-28(15-7-24)29(30,31)32/h4-9,12,14-15,21-22,25,33-34H,10-11,13,16-20H2,1-3H3. The van der Waals surface area contributed by atoms with E-state index >= 15 is 0 Å². The van der Waals surface area contributed by atoms with Crippen molar-refractivity contribution in [2.75, 3.05) is 18.8 Å². The topological polar surface area (TPSA) is 92.3 Å². The Bertz CT molecular complexity index is 1350. The van der Waals surface area contributed by atoms with Crippen LogP contribution in [0, 0.1) is 11.8 Å². The first kappa shape index (κ1) is 32.3. The molecule has 0 aromatic heterocycles. The van der Waals surface area contributed by atoms with Gasteiger partial charge in [0.2, 0.25) is 20.0 Å². The summed E-state index contributed by atoms with van der Waals surface area (Å²) in [5.74, 6) is 0.465. The summed E-state index contributed by atoms with van der Waals surface area (Å²) in [5, 5.41) is -0.443. The molecule has 40 heavy (non-hydrogen) atoms. The summed E-state index contributed by atoms with van der Waals surface area (Å²) in [5.41, 5.74) is 3.16. The van der Waals surface area contributed by atoms with Crippen LogP contribution in [0.5, 0.6) is 0 Å². The SMILES string of the molecule is CC(CNS(=O)(=O)C(C)C)C1CC=C(c2ccc(CCNS(=O)(=O)CCc3ccc(C(F)(F)F)cc3)cc2)CC1. The third-order valence-electron chi connectivity index (χ3n) is 7.48. The smallest absolute Gasteiger partial charge is 0.215 e. The summed E-state index contributed by atoms with van der Waals surface area (Å²) in [6, 6.07) is 12.6. The Balaban J connectivity index is 1.43. The van der Waals surface area contributed by atoms with Gasteiger partial charge in [0.05, 0.1) is 16.6 Å². The van der Waals surface area contributed by atoms with E-state index in [-0.39, 0.29) is 24.6 Å². The minimum absolute atomic E-state index is 0.129. The van der Waals surface area contributed by atoms with Gasteiger partial charge < -0.3 is 0 Å². The number of nitrogens with one attached hydrogen (secondary N) is 2. The maximum absolute atomic E-state index is 12.7. The summed E-state index contributed by atoms with van der Waals surface area (Å²) >= 11 is 0. The van der Waals surface area contributed by atoms with Crippen LogP contribution in [0.1, 0.15) is 62.3 Å². The zero-order valence-corrected chi connectivity index (χ0v) is 24.8. The molecule has 6 nitrogen and oxygen atoms in total. The van der Waals surface area contributed by atoms with Crippen molar-refractivity contribution in [3.8, 4) is 0 Å². The van der Waals surface area contributed by atoms with E-state index in [1.165, 1.54) is 17.7 Å². The molecule has 1 aliphatic carbocycles. The van der Waals surface area contributed by atoms with E-state index < -0.39 is 37.0 Å². The normalized spacial score (nSPS) is 17.6. The first-order valence-electron chi connectivity index (χ1n) is 13.6. The number of alkyl halides is 3. The van der Waals surface area contributed by atoms with Gasteiger partial charge >= 0.3 is 6.18 Å². The van der Waals surface area contributed by atoms with Crippen molar-refractivity contribution in [1.29, 1.82) is 0 Å². The van der Waals surface area contributed by atoms with E-state index in [4.69, 9.17) is 0 Å². The predicted molar refractivity (Wildman–Crippen MR) is 154 cm³/mol. The zero-order chi connectivity index (χ0) is 29.6. The number of aryl methyl sites for hydroxylation is 1. The van der Waals surface area contributed by atoms with E-state index in [1.807, 2.05) is 24.3 Å². The highest BCUT2D eigenvalue weighted by Crippen LogP contribution is 2.34. The number of sulfonamides is 2. The number of hydrogen-bond acceptors (Lipinski definition) is 4. The number of allylic oxidation sites excluding steroid dienone is 2. The van der Waals surface area contributed by atoms with Gasteiger partial charge in [0.1, 0.15) is 0 Å². The highest BCUT2D eigenvalue weighted by molar-refractivity contribution is 7.90. The first-order chi connectivity index (χ1) is 18.7. The molecule has 0 saturated heterocycles. The second-order valence-electron chi connectivity index (χ2n) is 10.8. The fraction of sp³-hybridized carbons (Fsp3) is 0.517. The zero-order valence-electron chi connectivity index (χ0n) is 23.2. The van der Waals surface area contributed by atoms with Crippen LogP contribution in [0.4, 0.5) is 13.2 Å². The number of halogens is 3. The molecule has 2 atom stereocenters. The molecule has 2 aromatic rings. The van der Waals surface area contributed by atoms with Crippen LogP contribution < -0.4 is 9.44 Å². The Hall–Kier alpha value is -2.21. The van der Waals surface area contributed by atoms with Crippen molar-refractivity contribution in [2.24, 2.45) is 11.8 Å². The fourth-order valence-electron chi connectivity index (χ4n) is 4.64. The first-order valence-corrected chi connectivity index (χ1v) is 16.8. The van der Waals surface area contributed by atoms with E-state index in [1.54, 1.807) is 13.8 Å². The van der Waals surface area contributed by atoms with Gasteiger partial charge in [-0.3, -0.25) is 0 Å². The van der Waals surface area contributed by atoms with Crippen molar-refractivity contribution in [3.63, 3.8) is 0 Å². The minimum Gasteiger partial charge on any atom is -0.215 e. The minimum atomic E-state index is -4.42. The highest BCUT2D eigenvalue weighted by atomic mass is 32.2. The van der Waals surface area contributed by atoms with Crippen molar-refractivity contribution < 1.29 is 30.0 Å². The molecule has 0 amide bonds. The van der Waals surface area contributed by atoms with E-state index in [0.717, 1.165) is 42.5 Å². The molecule has 222 valence electrons. The van der Waals surface area contributed by atoms with Crippen LogP contribution in [-0.4, -0.2) is 40.9 Å². The van der Waals surface area contributed by atoms with Crippen molar-refractivity contribution in [1.82, 2.24) is 9.44 Å². The Morgan fingerprint density at radius 2 is 1.48 bits per heavy atom. The summed E-state index contributed by atoms with van der Waals surface area (Å²) in [4.78, 5) is 0. The maximum atomic E-state index is 12.7. The van der Waals surface area contributed by atoms with E-state index in [2.05, 4.69) is 22.4 Å². The lowest BCUT2D eigenvalue weighted by atomic mass is 9.80. The molecule has 0 spiro atoms. The molecule has 1 aliphatic rings. The maximum Gasteiger partial charge on any atom is 0.416 e. The van der Waals surface area contributed by atoms with Gasteiger partial charge in [-0.15, -0.1) is 0 Å².